The highest BCUT2D eigenvalue weighted by atomic mass is 35.5. The van der Waals surface area contributed by atoms with Crippen LogP contribution in [0.1, 0.15) is 6.92 Å². The van der Waals surface area contributed by atoms with E-state index >= 15 is 0 Å². The summed E-state index contributed by atoms with van der Waals surface area (Å²) in [5.41, 5.74) is 0.645. The fourth-order valence-corrected chi connectivity index (χ4v) is 1.57. The third-order valence-corrected chi connectivity index (χ3v) is 2.28. The molecule has 0 aliphatic heterocycles. The van der Waals surface area contributed by atoms with Crippen molar-refractivity contribution in [3.05, 3.63) is 33.3 Å². The average Bonchev–Trinajstić information content (AvgIpc) is 2.17. The minimum Gasteiger partial charge on any atom is -0.383 e. The first kappa shape index (κ1) is 12.7. The van der Waals surface area contributed by atoms with E-state index in [1.54, 1.807) is 13.2 Å². The second-order valence-electron chi connectivity index (χ2n) is 3.42. The smallest absolute Gasteiger partial charge is 0.288 e. The number of anilines is 1. The molecule has 0 saturated heterocycles. The van der Waals surface area contributed by atoms with Gasteiger partial charge in [-0.1, -0.05) is 11.6 Å². The van der Waals surface area contributed by atoms with Crippen molar-refractivity contribution in [1.29, 1.82) is 0 Å². The molecule has 1 N–H and O–H groups in total. The third-order valence-electron chi connectivity index (χ3n) is 1.97. The molecule has 0 aromatic heterocycles. The van der Waals surface area contributed by atoms with Crippen LogP contribution in [0.3, 0.4) is 0 Å². The van der Waals surface area contributed by atoms with Crippen molar-refractivity contribution in [2.75, 3.05) is 19.0 Å². The van der Waals surface area contributed by atoms with Crippen LogP contribution in [0.15, 0.2) is 18.2 Å². The number of benzene rings is 1. The van der Waals surface area contributed by atoms with E-state index in [0.717, 1.165) is 5.69 Å². The number of nitrogens with zero attached hydrogens (tertiary/aromatic N) is 1. The van der Waals surface area contributed by atoms with Crippen molar-refractivity contribution >= 4 is 23.0 Å². The van der Waals surface area contributed by atoms with Crippen molar-refractivity contribution in [3.8, 4) is 0 Å². The number of hydrogen-bond acceptors (Lipinski definition) is 4. The lowest BCUT2D eigenvalue weighted by atomic mass is 10.2. The average molecular weight is 245 g/mol. The fraction of sp³-hybridized carbons (Fsp3) is 0.400. The maximum atomic E-state index is 10.5. The molecule has 0 bridgehead atoms. The Hall–Kier alpha value is -1.33. The summed E-state index contributed by atoms with van der Waals surface area (Å²) < 4.78 is 4.96. The van der Waals surface area contributed by atoms with Gasteiger partial charge in [-0.25, -0.2) is 0 Å². The van der Waals surface area contributed by atoms with Gasteiger partial charge in [-0.3, -0.25) is 10.1 Å². The van der Waals surface area contributed by atoms with Crippen molar-refractivity contribution in [3.63, 3.8) is 0 Å². The molecule has 1 unspecified atom stereocenters. The van der Waals surface area contributed by atoms with E-state index in [9.17, 15) is 10.1 Å². The highest BCUT2D eigenvalue weighted by Crippen LogP contribution is 2.27. The number of nitrogens with one attached hydrogen (secondary N) is 1. The highest BCUT2D eigenvalue weighted by molar-refractivity contribution is 6.32. The van der Waals surface area contributed by atoms with Crippen LogP contribution >= 0.6 is 11.6 Å². The zero-order chi connectivity index (χ0) is 12.1. The van der Waals surface area contributed by atoms with Gasteiger partial charge in [0.1, 0.15) is 5.02 Å². The lowest BCUT2D eigenvalue weighted by molar-refractivity contribution is -0.384. The standard InChI is InChI=1S/C10H13ClN2O3/c1-7(6-16-2)12-8-3-4-10(13(14)15)9(11)5-8/h3-5,7,12H,6H2,1-2H3. The van der Waals surface area contributed by atoms with E-state index < -0.39 is 4.92 Å². The molecule has 1 rings (SSSR count). The molecule has 0 saturated carbocycles. The Kier molecular flexibility index (Phi) is 4.52. The van der Waals surface area contributed by atoms with Crippen LogP contribution in [0.25, 0.3) is 0 Å². The van der Waals surface area contributed by atoms with Crippen molar-refractivity contribution < 1.29 is 9.66 Å². The molecule has 0 spiro atoms. The molecule has 0 aliphatic rings. The first-order valence-electron chi connectivity index (χ1n) is 4.74. The molecule has 1 aromatic carbocycles. The highest BCUT2D eigenvalue weighted by Gasteiger charge is 2.12. The van der Waals surface area contributed by atoms with Gasteiger partial charge in [0.2, 0.25) is 0 Å². The summed E-state index contributed by atoms with van der Waals surface area (Å²) in [5.74, 6) is 0. The van der Waals surface area contributed by atoms with Crippen LogP contribution in [0, 0.1) is 10.1 Å². The van der Waals surface area contributed by atoms with Gasteiger partial charge < -0.3 is 10.1 Å². The van der Waals surface area contributed by atoms with Crippen LogP contribution in [0.2, 0.25) is 5.02 Å². The van der Waals surface area contributed by atoms with Gasteiger partial charge in [-0.15, -0.1) is 0 Å². The van der Waals surface area contributed by atoms with Crippen molar-refractivity contribution in [2.24, 2.45) is 0 Å². The van der Waals surface area contributed by atoms with E-state index in [1.807, 2.05) is 6.92 Å². The summed E-state index contributed by atoms with van der Waals surface area (Å²) in [5, 5.41) is 13.8. The SMILES string of the molecule is COCC(C)Nc1ccc([N+](=O)[O-])c(Cl)c1. The quantitative estimate of drug-likeness (QED) is 0.639. The Balaban J connectivity index is 2.77. The monoisotopic (exact) mass is 244 g/mol. The predicted octanol–water partition coefficient (Wildman–Crippen LogP) is 2.70. The molecule has 1 atom stereocenters. The maximum Gasteiger partial charge on any atom is 0.288 e. The number of hydrogen-bond donors (Lipinski definition) is 1. The van der Waals surface area contributed by atoms with E-state index in [4.69, 9.17) is 16.3 Å². The van der Waals surface area contributed by atoms with Crippen LogP contribution in [-0.4, -0.2) is 24.7 Å². The van der Waals surface area contributed by atoms with Gasteiger partial charge in [-0.2, -0.15) is 0 Å². The lowest BCUT2D eigenvalue weighted by Gasteiger charge is -2.14. The Morgan fingerprint density at radius 1 is 1.62 bits per heavy atom. The van der Waals surface area contributed by atoms with Gasteiger partial charge in [0, 0.05) is 24.9 Å². The number of rotatable bonds is 5. The summed E-state index contributed by atoms with van der Waals surface area (Å²) in [6, 6.07) is 4.65. The first-order chi connectivity index (χ1) is 7.54. The minimum atomic E-state index is -0.509. The molecule has 0 radical (unpaired) electrons. The normalized spacial score (nSPS) is 12.2. The van der Waals surface area contributed by atoms with E-state index in [0.29, 0.717) is 6.61 Å². The van der Waals surface area contributed by atoms with Gasteiger partial charge >= 0.3 is 0 Å². The van der Waals surface area contributed by atoms with E-state index in [2.05, 4.69) is 5.32 Å². The maximum absolute atomic E-state index is 10.5. The van der Waals surface area contributed by atoms with Crippen LogP contribution in [-0.2, 0) is 4.74 Å². The van der Waals surface area contributed by atoms with Crippen molar-refractivity contribution in [2.45, 2.75) is 13.0 Å². The minimum absolute atomic E-state index is 0.0911. The Labute approximate surface area is 98.5 Å². The van der Waals surface area contributed by atoms with Gasteiger partial charge in [0.25, 0.3) is 5.69 Å². The summed E-state index contributed by atoms with van der Waals surface area (Å²) in [4.78, 5) is 10.0. The molecular formula is C10H13ClN2O3. The summed E-state index contributed by atoms with van der Waals surface area (Å²) in [6.07, 6.45) is 0. The number of nitro groups is 1. The fourth-order valence-electron chi connectivity index (χ4n) is 1.32. The topological polar surface area (TPSA) is 64.4 Å². The zero-order valence-electron chi connectivity index (χ0n) is 9.07. The molecule has 0 amide bonds. The molecule has 88 valence electrons. The summed E-state index contributed by atoms with van der Waals surface area (Å²) in [6.45, 7) is 2.49. The van der Waals surface area contributed by atoms with Crippen LogP contribution in [0.5, 0.6) is 0 Å². The predicted molar refractivity (Wildman–Crippen MR) is 63.1 cm³/mol. The zero-order valence-corrected chi connectivity index (χ0v) is 9.82. The van der Waals surface area contributed by atoms with Crippen LogP contribution in [0.4, 0.5) is 11.4 Å². The second kappa shape index (κ2) is 5.67. The van der Waals surface area contributed by atoms with Crippen LogP contribution < -0.4 is 5.32 Å². The Bertz CT molecular complexity index is 384. The molecule has 0 heterocycles. The molecule has 0 fully saturated rings. The van der Waals surface area contributed by atoms with Gasteiger partial charge in [-0.05, 0) is 19.1 Å². The first-order valence-corrected chi connectivity index (χ1v) is 5.11. The largest absolute Gasteiger partial charge is 0.383 e. The molecule has 1 aromatic rings. The molecular weight excluding hydrogens is 232 g/mol. The second-order valence-corrected chi connectivity index (χ2v) is 3.83. The number of nitro benzene ring substituents is 1. The molecule has 6 heteroatoms. The van der Waals surface area contributed by atoms with E-state index in [-0.39, 0.29) is 16.8 Å². The van der Waals surface area contributed by atoms with E-state index in [1.165, 1.54) is 12.1 Å². The molecule has 0 aliphatic carbocycles. The Morgan fingerprint density at radius 3 is 2.81 bits per heavy atom. The molecule has 16 heavy (non-hydrogen) atoms. The summed E-state index contributed by atoms with van der Waals surface area (Å²) >= 11 is 5.77. The lowest BCUT2D eigenvalue weighted by Crippen LogP contribution is -2.20. The van der Waals surface area contributed by atoms with Gasteiger partial charge in [0.15, 0.2) is 0 Å². The third kappa shape index (κ3) is 3.36. The van der Waals surface area contributed by atoms with Gasteiger partial charge in [0.05, 0.1) is 11.5 Å². The number of ether oxygens (including phenoxy) is 1. The number of halogens is 1. The Morgan fingerprint density at radius 2 is 2.31 bits per heavy atom. The summed E-state index contributed by atoms with van der Waals surface area (Å²) in [7, 11) is 1.61. The van der Waals surface area contributed by atoms with Crippen molar-refractivity contribution in [1.82, 2.24) is 0 Å². The molecule has 5 nitrogen and oxygen atoms in total. The number of methoxy groups -OCH3 is 1.